The second kappa shape index (κ2) is 7.16. The fraction of sp³-hybridized carbons (Fsp3) is 0.227. The maximum absolute atomic E-state index is 13.1. The minimum absolute atomic E-state index is 0.00890. The number of fused-ring (bicyclic) bond motifs is 1. The number of aromatic nitrogens is 3. The molecule has 0 spiro atoms. The van der Waals surface area contributed by atoms with Gasteiger partial charge in [-0.1, -0.05) is 5.16 Å². The predicted molar refractivity (Wildman–Crippen MR) is 106 cm³/mol. The number of likely N-dealkylation sites (tertiary alicyclic amines) is 1. The van der Waals surface area contributed by atoms with Crippen molar-refractivity contribution in [3.63, 3.8) is 0 Å². The van der Waals surface area contributed by atoms with Crippen molar-refractivity contribution in [3.8, 4) is 11.4 Å². The van der Waals surface area contributed by atoms with E-state index in [1.807, 2.05) is 35.4 Å². The van der Waals surface area contributed by atoms with Crippen molar-refractivity contribution < 1.29 is 13.7 Å². The summed E-state index contributed by atoms with van der Waals surface area (Å²) >= 11 is 0. The molecular weight excluding hydrogens is 371 g/mol. The van der Waals surface area contributed by atoms with Gasteiger partial charge in [0.2, 0.25) is 11.7 Å². The molecule has 1 saturated heterocycles. The third-order valence-electron chi connectivity index (χ3n) is 5.40. The van der Waals surface area contributed by atoms with Crippen LogP contribution in [0.3, 0.4) is 0 Å². The summed E-state index contributed by atoms with van der Waals surface area (Å²) in [5.41, 5.74) is 2.39. The molecule has 0 bridgehead atoms. The van der Waals surface area contributed by atoms with Crippen molar-refractivity contribution in [1.29, 1.82) is 0 Å². The van der Waals surface area contributed by atoms with Gasteiger partial charge in [0.1, 0.15) is 5.82 Å². The van der Waals surface area contributed by atoms with Gasteiger partial charge in [-0.3, -0.25) is 4.79 Å². The summed E-state index contributed by atoms with van der Waals surface area (Å²) in [5.74, 6) is 0.641. The second-order valence-electron chi connectivity index (χ2n) is 7.33. The summed E-state index contributed by atoms with van der Waals surface area (Å²) in [6.07, 6.45) is 3.62. The van der Waals surface area contributed by atoms with Crippen LogP contribution in [0, 0.1) is 5.82 Å². The Labute approximate surface area is 166 Å². The summed E-state index contributed by atoms with van der Waals surface area (Å²) < 4.78 is 18.6. The minimum Gasteiger partial charge on any atom is -0.361 e. The summed E-state index contributed by atoms with van der Waals surface area (Å²) in [7, 11) is 0. The number of piperidine rings is 1. The smallest absolute Gasteiger partial charge is 0.253 e. The lowest BCUT2D eigenvalue weighted by Gasteiger charge is -2.31. The Morgan fingerprint density at radius 2 is 2.03 bits per heavy atom. The van der Waals surface area contributed by atoms with Gasteiger partial charge in [0.05, 0.1) is 5.92 Å². The molecule has 1 atom stereocenters. The number of benzene rings is 2. The van der Waals surface area contributed by atoms with Crippen LogP contribution in [0.2, 0.25) is 0 Å². The fourth-order valence-electron chi connectivity index (χ4n) is 3.85. The third kappa shape index (κ3) is 3.40. The van der Waals surface area contributed by atoms with Crippen molar-refractivity contribution in [2.75, 3.05) is 13.1 Å². The van der Waals surface area contributed by atoms with Crippen LogP contribution >= 0.6 is 0 Å². The first-order chi connectivity index (χ1) is 14.2. The molecule has 1 aliphatic heterocycles. The molecule has 0 aliphatic carbocycles. The lowest BCUT2D eigenvalue weighted by atomic mass is 9.97. The molecule has 1 amide bonds. The molecule has 1 unspecified atom stereocenters. The Bertz CT molecular complexity index is 1170. The lowest BCUT2D eigenvalue weighted by molar-refractivity contribution is 0.0696. The van der Waals surface area contributed by atoms with E-state index in [9.17, 15) is 9.18 Å². The zero-order valence-corrected chi connectivity index (χ0v) is 15.6. The van der Waals surface area contributed by atoms with Crippen LogP contribution in [0.4, 0.5) is 4.39 Å². The second-order valence-corrected chi connectivity index (χ2v) is 7.33. The number of carbonyl (C=O) groups is 1. The summed E-state index contributed by atoms with van der Waals surface area (Å²) in [4.78, 5) is 22.5. The highest BCUT2D eigenvalue weighted by atomic mass is 19.1. The summed E-state index contributed by atoms with van der Waals surface area (Å²) in [6, 6.07) is 13.6. The van der Waals surface area contributed by atoms with Gasteiger partial charge < -0.3 is 14.4 Å². The van der Waals surface area contributed by atoms with E-state index in [1.165, 1.54) is 12.1 Å². The van der Waals surface area contributed by atoms with E-state index in [-0.39, 0.29) is 17.6 Å². The van der Waals surface area contributed by atoms with Gasteiger partial charge in [-0.05, 0) is 61.4 Å². The molecule has 146 valence electrons. The number of hydrogen-bond donors (Lipinski definition) is 1. The van der Waals surface area contributed by atoms with Crippen molar-refractivity contribution in [1.82, 2.24) is 20.0 Å². The molecule has 0 saturated carbocycles. The predicted octanol–water partition coefficient (Wildman–Crippen LogP) is 4.38. The van der Waals surface area contributed by atoms with Gasteiger partial charge >= 0.3 is 0 Å². The molecule has 6 nitrogen and oxygen atoms in total. The van der Waals surface area contributed by atoms with E-state index in [0.717, 1.165) is 23.7 Å². The van der Waals surface area contributed by atoms with Crippen LogP contribution < -0.4 is 0 Å². The number of nitrogens with one attached hydrogen (secondary N) is 1. The number of aromatic amines is 1. The molecular formula is C22H19FN4O2. The zero-order valence-electron chi connectivity index (χ0n) is 15.6. The first-order valence-electron chi connectivity index (χ1n) is 9.63. The number of H-pyrrole nitrogens is 1. The SMILES string of the molecule is O=C(c1ccc2[nH]ccc2c1)N1CCCC(c2nc(-c3ccc(F)cc3)no2)C1. The van der Waals surface area contributed by atoms with Gasteiger partial charge in [0, 0.05) is 41.3 Å². The molecule has 1 fully saturated rings. The average Bonchev–Trinajstić information content (AvgIpc) is 3.43. The van der Waals surface area contributed by atoms with E-state index < -0.39 is 0 Å². The monoisotopic (exact) mass is 390 g/mol. The first-order valence-corrected chi connectivity index (χ1v) is 9.63. The van der Waals surface area contributed by atoms with Gasteiger partial charge in [-0.2, -0.15) is 4.98 Å². The van der Waals surface area contributed by atoms with Crippen molar-refractivity contribution in [2.24, 2.45) is 0 Å². The molecule has 1 N–H and O–H groups in total. The van der Waals surface area contributed by atoms with E-state index in [1.54, 1.807) is 12.1 Å². The Morgan fingerprint density at radius 3 is 2.90 bits per heavy atom. The Morgan fingerprint density at radius 1 is 1.17 bits per heavy atom. The molecule has 5 rings (SSSR count). The molecule has 29 heavy (non-hydrogen) atoms. The standard InChI is InChI=1S/C22H19FN4O2/c23-18-6-3-14(4-7-18)20-25-21(29-26-20)17-2-1-11-27(13-17)22(28)16-5-8-19-15(12-16)9-10-24-19/h3-10,12,17,24H,1-2,11,13H2. The third-order valence-corrected chi connectivity index (χ3v) is 5.40. The molecule has 0 radical (unpaired) electrons. The van der Waals surface area contributed by atoms with Gasteiger partial charge in [-0.15, -0.1) is 0 Å². The van der Waals surface area contributed by atoms with Crippen LogP contribution in [-0.2, 0) is 0 Å². The van der Waals surface area contributed by atoms with Crippen molar-refractivity contribution >= 4 is 16.8 Å². The number of nitrogens with zero attached hydrogens (tertiary/aromatic N) is 3. The van der Waals surface area contributed by atoms with E-state index >= 15 is 0 Å². The minimum atomic E-state index is -0.309. The average molecular weight is 390 g/mol. The quantitative estimate of drug-likeness (QED) is 0.563. The van der Waals surface area contributed by atoms with Crippen LogP contribution in [-0.4, -0.2) is 39.0 Å². The number of hydrogen-bond acceptors (Lipinski definition) is 4. The Hall–Kier alpha value is -3.48. The zero-order chi connectivity index (χ0) is 19.8. The van der Waals surface area contributed by atoms with Crippen LogP contribution in [0.1, 0.15) is 35.0 Å². The molecule has 1 aliphatic rings. The highest BCUT2D eigenvalue weighted by molar-refractivity contribution is 5.98. The Kier molecular flexibility index (Phi) is 4.35. The summed E-state index contributed by atoms with van der Waals surface area (Å²) in [5, 5.41) is 5.05. The van der Waals surface area contributed by atoms with Gasteiger partial charge in [0.15, 0.2) is 0 Å². The number of rotatable bonds is 3. The number of carbonyl (C=O) groups excluding carboxylic acids is 1. The van der Waals surface area contributed by atoms with Crippen LogP contribution in [0.5, 0.6) is 0 Å². The largest absolute Gasteiger partial charge is 0.361 e. The lowest BCUT2D eigenvalue weighted by Crippen LogP contribution is -2.39. The highest BCUT2D eigenvalue weighted by Gasteiger charge is 2.29. The Balaban J connectivity index is 1.34. The molecule has 7 heteroatoms. The van der Waals surface area contributed by atoms with Crippen molar-refractivity contribution in [2.45, 2.75) is 18.8 Å². The van der Waals surface area contributed by atoms with Gasteiger partial charge in [0.25, 0.3) is 5.91 Å². The molecule has 3 heterocycles. The highest BCUT2D eigenvalue weighted by Crippen LogP contribution is 2.29. The van der Waals surface area contributed by atoms with Crippen molar-refractivity contribution in [3.05, 3.63) is 72.0 Å². The maximum Gasteiger partial charge on any atom is 0.253 e. The number of halogens is 1. The topological polar surface area (TPSA) is 75.0 Å². The fourth-order valence-corrected chi connectivity index (χ4v) is 3.85. The van der Waals surface area contributed by atoms with E-state index in [2.05, 4.69) is 15.1 Å². The summed E-state index contributed by atoms with van der Waals surface area (Å²) in [6.45, 7) is 1.24. The van der Waals surface area contributed by atoms with Crippen LogP contribution in [0.25, 0.3) is 22.3 Å². The normalized spacial score (nSPS) is 17.0. The molecule has 4 aromatic rings. The van der Waals surface area contributed by atoms with E-state index in [0.29, 0.717) is 35.9 Å². The number of amides is 1. The molecule has 2 aromatic carbocycles. The maximum atomic E-state index is 13.1. The first kappa shape index (κ1) is 17.6. The van der Waals surface area contributed by atoms with Gasteiger partial charge in [-0.25, -0.2) is 4.39 Å². The molecule has 2 aromatic heterocycles. The van der Waals surface area contributed by atoms with Crippen LogP contribution in [0.15, 0.2) is 59.3 Å². The van der Waals surface area contributed by atoms with E-state index in [4.69, 9.17) is 4.52 Å².